The largest absolute Gasteiger partial charge is 0.481 e. The van der Waals surface area contributed by atoms with Gasteiger partial charge in [0.05, 0.1) is 35.8 Å². The molecule has 0 saturated carbocycles. The molecule has 5 N–H and O–H groups in total. The molecule has 2 aliphatic rings. The number of carboxylic acids is 1. The van der Waals surface area contributed by atoms with Crippen LogP contribution in [0.1, 0.15) is 35.0 Å². The highest BCUT2D eigenvalue weighted by Crippen LogP contribution is 2.34. The number of hydrogen-bond acceptors (Lipinski definition) is 9. The molecule has 5 rings (SSSR count). The predicted octanol–water partition coefficient (Wildman–Crippen LogP) is 1.96. The van der Waals surface area contributed by atoms with Crippen LogP contribution in [-0.2, 0) is 16.1 Å². The highest BCUT2D eigenvalue weighted by molar-refractivity contribution is 6.01. The second-order valence-corrected chi connectivity index (χ2v) is 8.89. The second-order valence-electron chi connectivity index (χ2n) is 8.89. The third kappa shape index (κ3) is 5.00. The molecule has 1 fully saturated rings. The summed E-state index contributed by atoms with van der Waals surface area (Å²) < 4.78 is 19.6. The number of amidine groups is 1. The Morgan fingerprint density at radius 2 is 2.08 bits per heavy atom. The minimum absolute atomic E-state index is 0.134. The van der Waals surface area contributed by atoms with Crippen LogP contribution in [0.4, 0.5) is 10.3 Å². The summed E-state index contributed by atoms with van der Waals surface area (Å²) >= 11 is 0. The van der Waals surface area contributed by atoms with Crippen molar-refractivity contribution in [3.63, 3.8) is 0 Å². The van der Waals surface area contributed by atoms with E-state index in [4.69, 9.17) is 15.3 Å². The number of benzene rings is 1. The number of nitrogen functional groups attached to an aromatic ring is 1. The van der Waals surface area contributed by atoms with E-state index in [0.29, 0.717) is 52.9 Å². The lowest BCUT2D eigenvalue weighted by atomic mass is 9.90. The quantitative estimate of drug-likeness (QED) is 0.364. The number of oxime groups is 1. The lowest BCUT2D eigenvalue weighted by Crippen LogP contribution is -2.38. The zero-order chi connectivity index (χ0) is 26.1. The molecule has 1 aromatic carbocycles. The molecule has 0 spiro atoms. The molecule has 2 aliphatic heterocycles. The zero-order valence-corrected chi connectivity index (χ0v) is 20.2. The van der Waals surface area contributed by atoms with Gasteiger partial charge in [-0.05, 0) is 30.7 Å². The lowest BCUT2D eigenvalue weighted by Gasteiger charge is -2.29. The molecule has 1 saturated heterocycles. The van der Waals surface area contributed by atoms with Crippen LogP contribution in [-0.4, -0.2) is 57.7 Å². The van der Waals surface area contributed by atoms with Crippen molar-refractivity contribution in [2.24, 2.45) is 5.16 Å². The van der Waals surface area contributed by atoms with Gasteiger partial charge in [-0.1, -0.05) is 17.3 Å². The molecule has 37 heavy (non-hydrogen) atoms. The van der Waals surface area contributed by atoms with Crippen molar-refractivity contribution in [1.29, 1.82) is 0 Å². The highest BCUT2D eigenvalue weighted by atomic mass is 19.1. The van der Waals surface area contributed by atoms with Gasteiger partial charge in [0.15, 0.2) is 5.84 Å². The Hall–Kier alpha value is -4.32. The van der Waals surface area contributed by atoms with Gasteiger partial charge in [-0.2, -0.15) is 0 Å². The van der Waals surface area contributed by atoms with E-state index in [1.54, 1.807) is 31.2 Å². The number of nitrogens with one attached hydrogen (secondary N) is 2. The Bertz CT molecular complexity index is 1380. The molecule has 0 radical (unpaired) electrons. The summed E-state index contributed by atoms with van der Waals surface area (Å²) in [7, 11) is 1.52. The first-order valence-electron chi connectivity index (χ1n) is 11.7. The van der Waals surface area contributed by atoms with Crippen LogP contribution < -0.4 is 21.1 Å². The molecular formula is C25H26FN7O4. The molecular weight excluding hydrogens is 481 g/mol. The standard InChI is InChI=1S/C25H26FN7O4/c1-12-22-19(32-25(27)29-12)10-18(31-23(22)33-37-14-9-20(24(34)35)28-11-14)15-7-6-13(26)8-16(15)17-4-3-5-21(30-17)36-2/h3-8,14,18,20,28H,9-11H2,1-2H3,(H,31,33)(H,34,35)(H2,27,29,32)/t14-,18?,20+/m1/s1. The van der Waals surface area contributed by atoms with Gasteiger partial charge in [-0.15, -0.1) is 0 Å². The molecule has 0 aliphatic carbocycles. The van der Waals surface area contributed by atoms with Gasteiger partial charge in [0.1, 0.15) is 18.0 Å². The van der Waals surface area contributed by atoms with Crippen molar-refractivity contribution in [1.82, 2.24) is 25.6 Å². The number of anilines is 1. The first kappa shape index (κ1) is 24.4. The summed E-state index contributed by atoms with van der Waals surface area (Å²) in [5.74, 6) is -0.409. The normalized spacial score (nSPS) is 21.8. The van der Waals surface area contributed by atoms with Crippen LogP contribution in [0.3, 0.4) is 0 Å². The van der Waals surface area contributed by atoms with Crippen molar-refractivity contribution in [2.45, 2.75) is 38.0 Å². The van der Waals surface area contributed by atoms with Gasteiger partial charge in [-0.25, -0.2) is 19.3 Å². The average Bonchev–Trinajstić information content (AvgIpc) is 3.36. The van der Waals surface area contributed by atoms with Crippen molar-refractivity contribution >= 4 is 17.8 Å². The van der Waals surface area contributed by atoms with Crippen LogP contribution in [0.5, 0.6) is 5.88 Å². The fraction of sp³-hybridized carbons (Fsp3) is 0.320. The van der Waals surface area contributed by atoms with Gasteiger partial charge in [0.25, 0.3) is 0 Å². The number of nitrogens with zero attached hydrogens (tertiary/aromatic N) is 4. The Kier molecular flexibility index (Phi) is 6.57. The number of rotatable bonds is 6. The van der Waals surface area contributed by atoms with E-state index >= 15 is 0 Å². The van der Waals surface area contributed by atoms with E-state index in [-0.39, 0.29) is 18.4 Å². The molecule has 3 atom stereocenters. The summed E-state index contributed by atoms with van der Waals surface area (Å²) in [4.78, 5) is 30.2. The predicted molar refractivity (Wildman–Crippen MR) is 132 cm³/mol. The molecule has 1 unspecified atom stereocenters. The first-order valence-corrected chi connectivity index (χ1v) is 11.7. The fourth-order valence-electron chi connectivity index (χ4n) is 4.68. The zero-order valence-electron chi connectivity index (χ0n) is 20.2. The number of ether oxygens (including phenoxy) is 1. The molecule has 0 bridgehead atoms. The van der Waals surface area contributed by atoms with E-state index in [1.165, 1.54) is 19.2 Å². The van der Waals surface area contributed by atoms with Gasteiger partial charge in [0, 0.05) is 31.0 Å². The second kappa shape index (κ2) is 9.97. The molecule has 3 aromatic rings. The Morgan fingerprint density at radius 3 is 2.84 bits per heavy atom. The topological polar surface area (TPSA) is 157 Å². The number of aliphatic carboxylic acids is 1. The molecule has 11 nitrogen and oxygen atoms in total. The summed E-state index contributed by atoms with van der Waals surface area (Å²) in [5.41, 5.74) is 9.80. The number of hydrogen-bond donors (Lipinski definition) is 4. The van der Waals surface area contributed by atoms with E-state index in [9.17, 15) is 14.3 Å². The molecule has 4 heterocycles. The Labute approximate surface area is 211 Å². The van der Waals surface area contributed by atoms with Crippen molar-refractivity contribution in [3.8, 4) is 17.1 Å². The number of fused-ring (bicyclic) bond motifs is 1. The Balaban J connectivity index is 1.53. The minimum Gasteiger partial charge on any atom is -0.481 e. The lowest BCUT2D eigenvalue weighted by molar-refractivity contribution is -0.139. The number of carboxylic acid groups (broad SMARTS) is 1. The van der Waals surface area contributed by atoms with Crippen molar-refractivity contribution in [2.75, 3.05) is 19.4 Å². The summed E-state index contributed by atoms with van der Waals surface area (Å²) in [5, 5.41) is 19.9. The minimum atomic E-state index is -0.935. The summed E-state index contributed by atoms with van der Waals surface area (Å²) in [6.45, 7) is 2.15. The maximum atomic E-state index is 14.4. The molecule has 192 valence electrons. The van der Waals surface area contributed by atoms with Crippen LogP contribution in [0.25, 0.3) is 11.3 Å². The van der Waals surface area contributed by atoms with Gasteiger partial charge in [0.2, 0.25) is 11.8 Å². The van der Waals surface area contributed by atoms with Crippen LogP contribution in [0.15, 0.2) is 41.6 Å². The average molecular weight is 508 g/mol. The van der Waals surface area contributed by atoms with Gasteiger partial charge in [-0.3, -0.25) is 4.79 Å². The number of methoxy groups -OCH3 is 1. The third-order valence-electron chi connectivity index (χ3n) is 6.41. The van der Waals surface area contributed by atoms with E-state index in [2.05, 4.69) is 30.7 Å². The number of halogens is 1. The molecule has 2 aromatic heterocycles. The van der Waals surface area contributed by atoms with Crippen LogP contribution >= 0.6 is 0 Å². The van der Waals surface area contributed by atoms with Gasteiger partial charge >= 0.3 is 5.97 Å². The molecule has 0 amide bonds. The highest BCUT2D eigenvalue weighted by Gasteiger charge is 2.33. The van der Waals surface area contributed by atoms with Gasteiger partial charge < -0.3 is 31.0 Å². The fourth-order valence-corrected chi connectivity index (χ4v) is 4.68. The number of nitrogens with two attached hydrogens (primary N) is 1. The van der Waals surface area contributed by atoms with Crippen LogP contribution in [0.2, 0.25) is 0 Å². The maximum absolute atomic E-state index is 14.4. The maximum Gasteiger partial charge on any atom is 0.320 e. The third-order valence-corrected chi connectivity index (χ3v) is 6.41. The van der Waals surface area contributed by atoms with E-state index in [1.807, 2.05) is 0 Å². The van der Waals surface area contributed by atoms with E-state index in [0.717, 1.165) is 5.56 Å². The first-order chi connectivity index (χ1) is 17.8. The van der Waals surface area contributed by atoms with Crippen molar-refractivity contribution < 1.29 is 23.9 Å². The number of aromatic nitrogens is 3. The smallest absolute Gasteiger partial charge is 0.320 e. The molecule has 12 heteroatoms. The number of pyridine rings is 1. The van der Waals surface area contributed by atoms with Crippen LogP contribution in [0, 0.1) is 12.7 Å². The summed E-state index contributed by atoms with van der Waals surface area (Å²) in [6, 6.07) is 8.74. The number of aryl methyl sites for hydroxylation is 1. The SMILES string of the molecule is COc1cccc(-c2cc(F)ccc2C2Cc3nc(N)nc(C)c3C(=NO[C@H]3CN[C@H](C(=O)O)C3)N2)n1. The number of carbonyl (C=O) groups is 1. The van der Waals surface area contributed by atoms with E-state index < -0.39 is 23.9 Å². The van der Waals surface area contributed by atoms with Crippen molar-refractivity contribution in [3.05, 3.63) is 64.7 Å². The summed E-state index contributed by atoms with van der Waals surface area (Å²) in [6.07, 6.45) is 0.288. The Morgan fingerprint density at radius 1 is 1.24 bits per heavy atom. The monoisotopic (exact) mass is 507 g/mol.